The van der Waals surface area contributed by atoms with E-state index < -0.39 is 0 Å². The minimum absolute atomic E-state index is 0.265. The fourth-order valence-corrected chi connectivity index (χ4v) is 4.41. The minimum atomic E-state index is 0.265. The summed E-state index contributed by atoms with van der Waals surface area (Å²) in [5, 5.41) is 3.29. The van der Waals surface area contributed by atoms with Gasteiger partial charge in [-0.25, -0.2) is 0 Å². The fourth-order valence-electron chi connectivity index (χ4n) is 4.41. The van der Waals surface area contributed by atoms with Crippen LogP contribution in [0.4, 0.5) is 0 Å². The fraction of sp³-hybridized carbons (Fsp3) is 0.714. The summed E-state index contributed by atoms with van der Waals surface area (Å²) in [7, 11) is 0. The highest BCUT2D eigenvalue weighted by atomic mass is 16.1. The van der Waals surface area contributed by atoms with Crippen LogP contribution < -0.4 is 5.32 Å². The number of nitrogens with one attached hydrogen (secondary N) is 1. The number of hydrogen-bond donors (Lipinski definition) is 1. The number of likely N-dealkylation sites (tertiary alicyclic amines) is 1. The van der Waals surface area contributed by atoms with Crippen LogP contribution >= 0.6 is 0 Å². The maximum absolute atomic E-state index is 12.4. The molecule has 0 bridgehead atoms. The molecule has 4 nitrogen and oxygen atoms in total. The number of nitrogens with zero attached hydrogens (tertiary/aromatic N) is 2. The predicted octanol–water partition coefficient (Wildman–Crippen LogP) is 3.77. The summed E-state index contributed by atoms with van der Waals surface area (Å²) in [5.74, 6) is 1.56. The van der Waals surface area contributed by atoms with E-state index in [-0.39, 0.29) is 5.91 Å². The average molecular weight is 344 g/mol. The molecule has 0 aromatic carbocycles. The SMILES string of the molecule is C[C@@H](CC(=O)NC1CCN(Cc2ccccn2)CC1)C1CCCCC1. The average Bonchev–Trinajstić information content (AvgIpc) is 2.65. The minimum Gasteiger partial charge on any atom is -0.353 e. The molecule has 1 N–H and O–H groups in total. The van der Waals surface area contributed by atoms with Crippen LogP contribution in [0.3, 0.4) is 0 Å². The van der Waals surface area contributed by atoms with Crippen molar-refractivity contribution in [2.75, 3.05) is 13.1 Å². The maximum Gasteiger partial charge on any atom is 0.220 e. The number of hydrogen-bond acceptors (Lipinski definition) is 3. The number of rotatable bonds is 6. The van der Waals surface area contributed by atoms with Gasteiger partial charge in [0.15, 0.2) is 0 Å². The van der Waals surface area contributed by atoms with Gasteiger partial charge < -0.3 is 5.32 Å². The van der Waals surface area contributed by atoms with E-state index in [9.17, 15) is 4.79 Å². The highest BCUT2D eigenvalue weighted by molar-refractivity contribution is 5.76. The van der Waals surface area contributed by atoms with Crippen molar-refractivity contribution in [3.8, 4) is 0 Å². The van der Waals surface area contributed by atoms with Gasteiger partial charge in [-0.3, -0.25) is 14.7 Å². The molecule has 1 aromatic rings. The summed E-state index contributed by atoms with van der Waals surface area (Å²) in [5.41, 5.74) is 1.13. The van der Waals surface area contributed by atoms with Gasteiger partial charge in [0.05, 0.1) is 5.69 Å². The van der Waals surface area contributed by atoms with Crippen molar-refractivity contribution in [3.05, 3.63) is 30.1 Å². The molecule has 0 unspecified atom stereocenters. The monoisotopic (exact) mass is 343 g/mol. The standard InChI is InChI=1S/C21H33N3O/c1-17(18-7-3-2-4-8-18)15-21(25)23-19-10-13-24(14-11-19)16-20-9-5-6-12-22-20/h5-6,9,12,17-19H,2-4,7-8,10-11,13-16H2,1H3,(H,23,25)/t17-/m0/s1. The number of aromatic nitrogens is 1. The van der Waals surface area contributed by atoms with Gasteiger partial charge in [0.1, 0.15) is 0 Å². The number of carbonyl (C=O) groups excluding carboxylic acids is 1. The summed E-state index contributed by atoms with van der Waals surface area (Å²) in [6.45, 7) is 5.27. The van der Waals surface area contributed by atoms with E-state index in [4.69, 9.17) is 0 Å². The van der Waals surface area contributed by atoms with Gasteiger partial charge in [-0.15, -0.1) is 0 Å². The Kier molecular flexibility index (Phi) is 6.85. The Bertz CT molecular complexity index is 519. The van der Waals surface area contributed by atoms with Crippen molar-refractivity contribution in [2.45, 2.75) is 70.9 Å². The molecule has 0 radical (unpaired) electrons. The molecule has 1 aliphatic carbocycles. The van der Waals surface area contributed by atoms with Crippen LogP contribution in [0.15, 0.2) is 24.4 Å². The Balaban J connectivity index is 1.36. The van der Waals surface area contributed by atoms with Crippen LogP contribution in [0, 0.1) is 11.8 Å². The van der Waals surface area contributed by atoms with Crippen molar-refractivity contribution in [1.82, 2.24) is 15.2 Å². The smallest absolute Gasteiger partial charge is 0.220 e. The van der Waals surface area contributed by atoms with Crippen LogP contribution in [0.2, 0.25) is 0 Å². The molecule has 0 spiro atoms. The van der Waals surface area contributed by atoms with E-state index in [1.807, 2.05) is 18.3 Å². The Hall–Kier alpha value is -1.42. The van der Waals surface area contributed by atoms with Crippen LogP contribution in [0.1, 0.15) is 64.0 Å². The van der Waals surface area contributed by atoms with Crippen molar-refractivity contribution in [3.63, 3.8) is 0 Å². The molecule has 1 saturated heterocycles. The highest BCUT2D eigenvalue weighted by Gasteiger charge is 2.25. The van der Waals surface area contributed by atoms with E-state index in [0.717, 1.165) is 44.1 Å². The van der Waals surface area contributed by atoms with E-state index >= 15 is 0 Å². The lowest BCUT2D eigenvalue weighted by molar-refractivity contribution is -0.123. The zero-order valence-corrected chi connectivity index (χ0v) is 15.6. The Morgan fingerprint density at radius 1 is 1.20 bits per heavy atom. The summed E-state index contributed by atoms with van der Waals surface area (Å²) < 4.78 is 0. The quantitative estimate of drug-likeness (QED) is 0.855. The topological polar surface area (TPSA) is 45.2 Å². The summed E-state index contributed by atoms with van der Waals surface area (Å²) in [6, 6.07) is 6.44. The molecule has 1 amide bonds. The lowest BCUT2D eigenvalue weighted by atomic mass is 9.79. The van der Waals surface area contributed by atoms with Crippen LogP contribution in [-0.4, -0.2) is 34.9 Å². The van der Waals surface area contributed by atoms with Crippen molar-refractivity contribution in [1.29, 1.82) is 0 Å². The first-order chi connectivity index (χ1) is 12.2. The Morgan fingerprint density at radius 2 is 1.96 bits per heavy atom. The summed E-state index contributed by atoms with van der Waals surface area (Å²) >= 11 is 0. The molecule has 25 heavy (non-hydrogen) atoms. The number of piperidine rings is 1. The van der Waals surface area contributed by atoms with Crippen LogP contribution in [0.25, 0.3) is 0 Å². The van der Waals surface area contributed by atoms with Gasteiger partial charge in [0, 0.05) is 38.3 Å². The molecule has 2 heterocycles. The Morgan fingerprint density at radius 3 is 2.64 bits per heavy atom. The number of pyridine rings is 1. The molecule has 3 rings (SSSR count). The van der Waals surface area contributed by atoms with E-state index in [1.54, 1.807) is 0 Å². The molecule has 1 saturated carbocycles. The van der Waals surface area contributed by atoms with Gasteiger partial charge in [0.2, 0.25) is 5.91 Å². The van der Waals surface area contributed by atoms with Crippen molar-refractivity contribution < 1.29 is 4.79 Å². The normalized spacial score (nSPS) is 21.8. The third-order valence-corrected chi connectivity index (χ3v) is 6.03. The largest absolute Gasteiger partial charge is 0.353 e. The van der Waals surface area contributed by atoms with E-state index in [2.05, 4.69) is 28.2 Å². The highest BCUT2D eigenvalue weighted by Crippen LogP contribution is 2.31. The van der Waals surface area contributed by atoms with Crippen molar-refractivity contribution >= 4 is 5.91 Å². The first-order valence-electron chi connectivity index (χ1n) is 10.1. The number of amides is 1. The lowest BCUT2D eigenvalue weighted by Gasteiger charge is -2.33. The van der Waals surface area contributed by atoms with Gasteiger partial charge >= 0.3 is 0 Å². The van der Waals surface area contributed by atoms with Crippen LogP contribution in [-0.2, 0) is 11.3 Å². The molecule has 2 fully saturated rings. The first kappa shape index (κ1) is 18.4. The van der Waals surface area contributed by atoms with Crippen molar-refractivity contribution in [2.24, 2.45) is 11.8 Å². The summed E-state index contributed by atoms with van der Waals surface area (Å²) in [4.78, 5) is 19.2. The molecule has 1 atom stereocenters. The van der Waals surface area contributed by atoms with E-state index in [1.165, 1.54) is 32.1 Å². The number of carbonyl (C=O) groups is 1. The maximum atomic E-state index is 12.4. The first-order valence-corrected chi connectivity index (χ1v) is 10.1. The van der Waals surface area contributed by atoms with E-state index in [0.29, 0.717) is 18.4 Å². The third-order valence-electron chi connectivity index (χ3n) is 6.03. The van der Waals surface area contributed by atoms with Gasteiger partial charge in [0.25, 0.3) is 0 Å². The van der Waals surface area contributed by atoms with Crippen LogP contribution in [0.5, 0.6) is 0 Å². The molecule has 1 aliphatic heterocycles. The molecular formula is C21H33N3O. The summed E-state index contributed by atoms with van der Waals surface area (Å²) in [6.07, 6.45) is 11.4. The van der Waals surface area contributed by atoms with Gasteiger partial charge in [-0.2, -0.15) is 0 Å². The lowest BCUT2D eigenvalue weighted by Crippen LogP contribution is -2.44. The zero-order chi connectivity index (χ0) is 17.5. The van der Waals surface area contributed by atoms with Gasteiger partial charge in [-0.05, 0) is 36.8 Å². The second kappa shape index (κ2) is 9.33. The third kappa shape index (κ3) is 5.81. The molecule has 4 heteroatoms. The molecule has 2 aliphatic rings. The zero-order valence-electron chi connectivity index (χ0n) is 15.6. The second-order valence-corrected chi connectivity index (χ2v) is 8.02. The second-order valence-electron chi connectivity index (χ2n) is 8.02. The molecule has 1 aromatic heterocycles. The Labute approximate surface area is 152 Å². The predicted molar refractivity (Wildman–Crippen MR) is 101 cm³/mol. The molecule has 138 valence electrons. The van der Waals surface area contributed by atoms with Gasteiger partial charge in [-0.1, -0.05) is 45.1 Å². The molecular weight excluding hydrogens is 310 g/mol.